The molecule has 1 heterocycles. The molecule has 0 spiro atoms. The topological polar surface area (TPSA) is 20.3 Å². The zero-order valence-electron chi connectivity index (χ0n) is 11.1. The SMILES string of the molecule is O=C(c1cccc(Br)c1)N1CCS[C@@H]1c1cccc(Cl)c1. The fraction of sp³-hybridized carbons (Fsp3) is 0.188. The smallest absolute Gasteiger partial charge is 0.255 e. The third-order valence-electron chi connectivity index (χ3n) is 3.36. The second-order valence-corrected chi connectivity index (χ2v) is 7.33. The molecule has 1 atom stereocenters. The zero-order chi connectivity index (χ0) is 14.8. The Kier molecular flexibility index (Phi) is 4.57. The van der Waals surface area contributed by atoms with E-state index in [9.17, 15) is 4.79 Å². The van der Waals surface area contributed by atoms with Crippen LogP contribution < -0.4 is 0 Å². The number of rotatable bonds is 2. The molecule has 1 aliphatic rings. The van der Waals surface area contributed by atoms with E-state index in [0.717, 1.165) is 22.3 Å². The lowest BCUT2D eigenvalue weighted by Crippen LogP contribution is -2.30. The minimum atomic E-state index is 0.0372. The normalized spacial score (nSPS) is 18.0. The van der Waals surface area contributed by atoms with Crippen LogP contribution in [0.1, 0.15) is 21.3 Å². The van der Waals surface area contributed by atoms with Crippen LogP contribution in [0, 0.1) is 0 Å². The maximum absolute atomic E-state index is 12.7. The van der Waals surface area contributed by atoms with E-state index < -0.39 is 0 Å². The van der Waals surface area contributed by atoms with E-state index in [1.54, 1.807) is 11.8 Å². The molecule has 2 aromatic rings. The van der Waals surface area contributed by atoms with Gasteiger partial charge in [0.25, 0.3) is 5.91 Å². The predicted octanol–water partition coefficient (Wildman–Crippen LogP) is 4.99. The predicted molar refractivity (Wildman–Crippen MR) is 91.8 cm³/mol. The minimum absolute atomic E-state index is 0.0372. The van der Waals surface area contributed by atoms with E-state index >= 15 is 0 Å². The maximum atomic E-state index is 12.7. The number of nitrogens with zero attached hydrogens (tertiary/aromatic N) is 1. The Morgan fingerprint density at radius 2 is 2.05 bits per heavy atom. The number of thioether (sulfide) groups is 1. The number of hydrogen-bond acceptors (Lipinski definition) is 2. The Balaban J connectivity index is 1.89. The number of hydrogen-bond donors (Lipinski definition) is 0. The van der Waals surface area contributed by atoms with Crippen LogP contribution in [0.15, 0.2) is 53.0 Å². The molecule has 1 aliphatic heterocycles. The molecule has 3 rings (SSSR count). The molecule has 0 aliphatic carbocycles. The molecule has 0 bridgehead atoms. The molecule has 1 fully saturated rings. The first-order chi connectivity index (χ1) is 10.1. The first kappa shape index (κ1) is 14.9. The van der Waals surface area contributed by atoms with Crippen LogP contribution in [-0.2, 0) is 0 Å². The monoisotopic (exact) mass is 381 g/mol. The highest BCUT2D eigenvalue weighted by Gasteiger charge is 2.31. The lowest BCUT2D eigenvalue weighted by Gasteiger charge is -2.24. The molecule has 1 saturated heterocycles. The van der Waals surface area contributed by atoms with Gasteiger partial charge in [-0.05, 0) is 35.9 Å². The van der Waals surface area contributed by atoms with Crippen molar-refractivity contribution in [3.63, 3.8) is 0 Å². The van der Waals surface area contributed by atoms with Crippen LogP contribution in [0.2, 0.25) is 5.02 Å². The number of amides is 1. The van der Waals surface area contributed by atoms with Crippen LogP contribution >= 0.6 is 39.3 Å². The minimum Gasteiger partial charge on any atom is -0.322 e. The van der Waals surface area contributed by atoms with Crippen molar-refractivity contribution in [1.29, 1.82) is 0 Å². The maximum Gasteiger partial charge on any atom is 0.255 e. The number of benzene rings is 2. The summed E-state index contributed by atoms with van der Waals surface area (Å²) in [5.74, 6) is 1.00. The van der Waals surface area contributed by atoms with E-state index in [1.807, 2.05) is 53.4 Å². The second kappa shape index (κ2) is 6.42. The molecule has 2 nitrogen and oxygen atoms in total. The highest BCUT2D eigenvalue weighted by atomic mass is 79.9. The molecular formula is C16H13BrClNOS. The lowest BCUT2D eigenvalue weighted by molar-refractivity contribution is 0.0760. The molecule has 5 heteroatoms. The van der Waals surface area contributed by atoms with Crippen LogP contribution in [0.4, 0.5) is 0 Å². The second-order valence-electron chi connectivity index (χ2n) is 4.79. The van der Waals surface area contributed by atoms with Crippen molar-refractivity contribution in [3.05, 3.63) is 69.2 Å². The number of carbonyl (C=O) groups excluding carboxylic acids is 1. The van der Waals surface area contributed by atoms with E-state index in [0.29, 0.717) is 10.6 Å². The van der Waals surface area contributed by atoms with Gasteiger partial charge in [0.05, 0.1) is 0 Å². The van der Waals surface area contributed by atoms with Gasteiger partial charge < -0.3 is 4.90 Å². The van der Waals surface area contributed by atoms with Crippen molar-refractivity contribution in [2.24, 2.45) is 0 Å². The molecule has 1 amide bonds. The van der Waals surface area contributed by atoms with Crippen LogP contribution in [0.25, 0.3) is 0 Å². The summed E-state index contributed by atoms with van der Waals surface area (Å²) >= 11 is 11.3. The number of halogens is 2. The molecule has 108 valence electrons. The zero-order valence-corrected chi connectivity index (χ0v) is 14.3. The summed E-state index contributed by atoms with van der Waals surface area (Å²) in [5.41, 5.74) is 1.78. The van der Waals surface area contributed by atoms with Crippen molar-refractivity contribution in [1.82, 2.24) is 4.90 Å². The van der Waals surface area contributed by atoms with Gasteiger partial charge in [-0.15, -0.1) is 11.8 Å². The first-order valence-electron chi connectivity index (χ1n) is 6.59. The Morgan fingerprint density at radius 3 is 2.81 bits per heavy atom. The van der Waals surface area contributed by atoms with Gasteiger partial charge in [-0.25, -0.2) is 0 Å². The molecule has 0 aromatic heterocycles. The molecule has 0 N–H and O–H groups in total. The quantitative estimate of drug-likeness (QED) is 0.729. The van der Waals surface area contributed by atoms with Gasteiger partial charge in [-0.2, -0.15) is 0 Å². The van der Waals surface area contributed by atoms with E-state index in [-0.39, 0.29) is 11.3 Å². The van der Waals surface area contributed by atoms with Crippen molar-refractivity contribution in [3.8, 4) is 0 Å². The molecule has 21 heavy (non-hydrogen) atoms. The summed E-state index contributed by atoms with van der Waals surface area (Å²) in [6, 6.07) is 15.3. The Bertz CT molecular complexity index is 679. The first-order valence-corrected chi connectivity index (χ1v) is 8.81. The highest BCUT2D eigenvalue weighted by Crippen LogP contribution is 2.39. The summed E-state index contributed by atoms with van der Waals surface area (Å²) in [4.78, 5) is 14.6. The van der Waals surface area contributed by atoms with Crippen molar-refractivity contribution in [2.45, 2.75) is 5.37 Å². The molecule has 0 radical (unpaired) electrons. The Morgan fingerprint density at radius 1 is 1.24 bits per heavy atom. The molecular weight excluding hydrogens is 370 g/mol. The fourth-order valence-corrected chi connectivity index (χ4v) is 4.25. The van der Waals surface area contributed by atoms with Crippen molar-refractivity contribution >= 4 is 45.2 Å². The molecule has 0 unspecified atom stereocenters. The molecule has 2 aromatic carbocycles. The van der Waals surface area contributed by atoms with Crippen molar-refractivity contribution < 1.29 is 4.79 Å². The summed E-state index contributed by atoms with van der Waals surface area (Å²) in [7, 11) is 0. The number of carbonyl (C=O) groups is 1. The Hall–Kier alpha value is -0.970. The highest BCUT2D eigenvalue weighted by molar-refractivity contribution is 9.10. The van der Waals surface area contributed by atoms with Gasteiger partial charge in [-0.3, -0.25) is 4.79 Å². The van der Waals surface area contributed by atoms with Gasteiger partial charge in [0.15, 0.2) is 0 Å². The lowest BCUT2D eigenvalue weighted by atomic mass is 10.1. The van der Waals surface area contributed by atoms with Gasteiger partial charge in [0.2, 0.25) is 0 Å². The largest absolute Gasteiger partial charge is 0.322 e. The van der Waals surface area contributed by atoms with Gasteiger partial charge in [-0.1, -0.05) is 45.7 Å². The summed E-state index contributed by atoms with van der Waals surface area (Å²) in [6.45, 7) is 0.757. The van der Waals surface area contributed by atoms with Gasteiger partial charge >= 0.3 is 0 Å². The summed E-state index contributed by atoms with van der Waals surface area (Å²) < 4.78 is 0.916. The van der Waals surface area contributed by atoms with Crippen LogP contribution in [0.3, 0.4) is 0 Å². The van der Waals surface area contributed by atoms with Crippen LogP contribution in [0.5, 0.6) is 0 Å². The molecule has 0 saturated carbocycles. The fourth-order valence-electron chi connectivity index (χ4n) is 2.40. The summed E-state index contributed by atoms with van der Waals surface area (Å²) in [6.07, 6.45) is 0. The van der Waals surface area contributed by atoms with E-state index in [4.69, 9.17) is 11.6 Å². The average molecular weight is 383 g/mol. The van der Waals surface area contributed by atoms with E-state index in [1.165, 1.54) is 0 Å². The van der Waals surface area contributed by atoms with Crippen molar-refractivity contribution in [2.75, 3.05) is 12.3 Å². The van der Waals surface area contributed by atoms with E-state index in [2.05, 4.69) is 15.9 Å². The third kappa shape index (κ3) is 3.28. The van der Waals surface area contributed by atoms with Gasteiger partial charge in [0, 0.05) is 27.4 Å². The average Bonchev–Trinajstić information content (AvgIpc) is 2.96. The standard InChI is InChI=1S/C16H13BrClNOS/c17-13-5-1-3-11(9-13)15(20)19-7-8-21-16(19)12-4-2-6-14(18)10-12/h1-6,9-10,16H,7-8H2/t16-/m1/s1. The van der Waals surface area contributed by atoms with Crippen LogP contribution in [-0.4, -0.2) is 23.1 Å². The van der Waals surface area contributed by atoms with Gasteiger partial charge in [0.1, 0.15) is 5.37 Å². The third-order valence-corrected chi connectivity index (χ3v) is 5.35. The summed E-state index contributed by atoms with van der Waals surface area (Å²) in [5, 5.41) is 0.741. The Labute approximate surface area is 141 Å².